The van der Waals surface area contributed by atoms with E-state index in [0.29, 0.717) is 18.2 Å². The van der Waals surface area contributed by atoms with Gasteiger partial charge < -0.3 is 10.0 Å². The van der Waals surface area contributed by atoms with Crippen LogP contribution in [0.4, 0.5) is 5.82 Å². The molecule has 0 atom stereocenters. The highest BCUT2D eigenvalue weighted by atomic mass is 16.3. The zero-order valence-electron chi connectivity index (χ0n) is 10.4. The molecule has 0 bridgehead atoms. The van der Waals surface area contributed by atoms with Gasteiger partial charge in [0.2, 0.25) is 0 Å². The largest absolute Gasteiger partial charge is 0.395 e. The molecule has 0 saturated carbocycles. The van der Waals surface area contributed by atoms with Crippen molar-refractivity contribution in [1.82, 2.24) is 4.98 Å². The molecule has 0 amide bonds. The second kappa shape index (κ2) is 6.87. The molecular weight excluding hydrogens is 214 g/mol. The molecule has 0 fully saturated rings. The van der Waals surface area contributed by atoms with E-state index >= 15 is 0 Å². The summed E-state index contributed by atoms with van der Waals surface area (Å²) >= 11 is 0. The van der Waals surface area contributed by atoms with Crippen LogP contribution in [0, 0.1) is 11.3 Å². The number of aliphatic hydroxyl groups excluding tert-OH is 1. The second-order valence-electron chi connectivity index (χ2n) is 3.90. The lowest BCUT2D eigenvalue weighted by Crippen LogP contribution is -2.37. The molecule has 1 N–H and O–H groups in total. The van der Waals surface area contributed by atoms with Crippen molar-refractivity contribution in [2.75, 3.05) is 18.1 Å². The highest BCUT2D eigenvalue weighted by molar-refractivity contribution is 5.45. The van der Waals surface area contributed by atoms with Crippen LogP contribution in [0.2, 0.25) is 0 Å². The van der Waals surface area contributed by atoms with Gasteiger partial charge >= 0.3 is 0 Å². The summed E-state index contributed by atoms with van der Waals surface area (Å²) in [7, 11) is 0. The molecule has 1 aromatic rings. The van der Waals surface area contributed by atoms with Crippen LogP contribution in [0.15, 0.2) is 18.3 Å². The molecule has 0 aliphatic heterocycles. The minimum Gasteiger partial charge on any atom is -0.395 e. The van der Waals surface area contributed by atoms with E-state index in [9.17, 15) is 0 Å². The number of aromatic nitrogens is 1. The Labute approximate surface area is 103 Å². The van der Waals surface area contributed by atoms with Crippen molar-refractivity contribution in [2.24, 2.45) is 0 Å². The highest BCUT2D eigenvalue weighted by Crippen LogP contribution is 2.18. The van der Waals surface area contributed by atoms with Gasteiger partial charge in [0.15, 0.2) is 0 Å². The molecule has 0 unspecified atom stereocenters. The predicted molar refractivity (Wildman–Crippen MR) is 67.8 cm³/mol. The molecule has 0 saturated heterocycles. The third kappa shape index (κ3) is 3.43. The quantitative estimate of drug-likeness (QED) is 0.815. The molecule has 4 heteroatoms. The number of pyridine rings is 1. The summed E-state index contributed by atoms with van der Waals surface area (Å²) in [5.74, 6) is 0.770. The van der Waals surface area contributed by atoms with E-state index in [0.717, 1.165) is 18.7 Å². The minimum atomic E-state index is 0.0922. The highest BCUT2D eigenvalue weighted by Gasteiger charge is 2.16. The predicted octanol–water partition coefficient (Wildman–Crippen LogP) is 1.94. The van der Waals surface area contributed by atoms with Crippen LogP contribution < -0.4 is 4.90 Å². The summed E-state index contributed by atoms with van der Waals surface area (Å²) in [5.41, 5.74) is 0.601. The number of aliphatic hydroxyl groups is 1. The molecule has 0 aliphatic rings. The Morgan fingerprint density at radius 3 is 2.71 bits per heavy atom. The standard InChI is InChI=1S/C13H19N3O/c1-3-12(4-2)16(7-8-17)13-9-11(10-14)5-6-15-13/h5-6,9,12,17H,3-4,7-8H2,1-2H3. The first-order valence-electron chi connectivity index (χ1n) is 6.00. The molecule has 0 radical (unpaired) electrons. The Morgan fingerprint density at radius 1 is 1.47 bits per heavy atom. The maximum Gasteiger partial charge on any atom is 0.130 e. The van der Waals surface area contributed by atoms with Gasteiger partial charge in [-0.25, -0.2) is 4.98 Å². The molecule has 1 rings (SSSR count). The third-order valence-electron chi connectivity index (χ3n) is 2.89. The molecule has 4 nitrogen and oxygen atoms in total. The number of nitriles is 1. The van der Waals surface area contributed by atoms with Crippen LogP contribution in [-0.4, -0.2) is 29.3 Å². The van der Waals surface area contributed by atoms with E-state index in [1.807, 2.05) is 0 Å². The number of rotatable bonds is 6. The summed E-state index contributed by atoms with van der Waals surface area (Å²) in [5, 5.41) is 18.0. The number of anilines is 1. The maximum atomic E-state index is 9.13. The monoisotopic (exact) mass is 233 g/mol. The summed E-state index contributed by atoms with van der Waals surface area (Å²) in [6, 6.07) is 5.92. The SMILES string of the molecule is CCC(CC)N(CCO)c1cc(C#N)ccn1. The lowest BCUT2D eigenvalue weighted by molar-refractivity contribution is 0.295. The smallest absolute Gasteiger partial charge is 0.130 e. The van der Waals surface area contributed by atoms with Crippen LogP contribution >= 0.6 is 0 Å². The van der Waals surface area contributed by atoms with Gasteiger partial charge in [0, 0.05) is 18.8 Å². The third-order valence-corrected chi connectivity index (χ3v) is 2.89. The summed E-state index contributed by atoms with van der Waals surface area (Å²) in [6.07, 6.45) is 3.63. The van der Waals surface area contributed by atoms with Gasteiger partial charge in [-0.2, -0.15) is 5.26 Å². The molecule has 0 spiro atoms. The summed E-state index contributed by atoms with van der Waals surface area (Å²) < 4.78 is 0. The Bertz CT molecular complexity index is 382. The Hall–Kier alpha value is -1.60. The van der Waals surface area contributed by atoms with Crippen LogP contribution in [0.5, 0.6) is 0 Å². The fourth-order valence-electron chi connectivity index (χ4n) is 1.97. The molecular formula is C13H19N3O. The lowest BCUT2D eigenvalue weighted by Gasteiger charge is -2.31. The molecule has 0 aliphatic carbocycles. The van der Waals surface area contributed by atoms with Gasteiger partial charge in [-0.15, -0.1) is 0 Å². The van der Waals surface area contributed by atoms with E-state index in [4.69, 9.17) is 10.4 Å². The Morgan fingerprint density at radius 2 is 2.18 bits per heavy atom. The second-order valence-corrected chi connectivity index (χ2v) is 3.90. The van der Waals surface area contributed by atoms with Crippen molar-refractivity contribution in [2.45, 2.75) is 32.7 Å². The number of hydrogen-bond donors (Lipinski definition) is 1. The first-order chi connectivity index (χ1) is 8.26. The first kappa shape index (κ1) is 13.5. The van der Waals surface area contributed by atoms with Crippen LogP contribution in [0.3, 0.4) is 0 Å². The average Bonchev–Trinajstić information content (AvgIpc) is 2.39. The van der Waals surface area contributed by atoms with Crippen LogP contribution in [0.1, 0.15) is 32.3 Å². The first-order valence-corrected chi connectivity index (χ1v) is 6.00. The van der Waals surface area contributed by atoms with Gasteiger partial charge in [0.25, 0.3) is 0 Å². The summed E-state index contributed by atoms with van der Waals surface area (Å²) in [6.45, 7) is 4.88. The van der Waals surface area contributed by atoms with Gasteiger partial charge in [-0.05, 0) is 25.0 Å². The van der Waals surface area contributed by atoms with Gasteiger partial charge in [0.05, 0.1) is 18.2 Å². The topological polar surface area (TPSA) is 60.1 Å². The zero-order chi connectivity index (χ0) is 12.7. The fraction of sp³-hybridized carbons (Fsp3) is 0.538. The molecule has 92 valence electrons. The Balaban J connectivity index is 3.00. The molecule has 1 heterocycles. The van der Waals surface area contributed by atoms with Crippen molar-refractivity contribution < 1.29 is 5.11 Å². The van der Waals surface area contributed by atoms with Crippen molar-refractivity contribution in [3.8, 4) is 6.07 Å². The summed E-state index contributed by atoms with van der Waals surface area (Å²) in [4.78, 5) is 6.36. The average molecular weight is 233 g/mol. The normalized spacial score (nSPS) is 10.3. The number of nitrogens with zero attached hydrogens (tertiary/aromatic N) is 3. The van der Waals surface area contributed by atoms with E-state index in [-0.39, 0.29) is 6.61 Å². The number of hydrogen-bond acceptors (Lipinski definition) is 4. The van der Waals surface area contributed by atoms with E-state index in [2.05, 4.69) is 29.8 Å². The fourth-order valence-corrected chi connectivity index (χ4v) is 1.97. The molecule has 17 heavy (non-hydrogen) atoms. The van der Waals surface area contributed by atoms with E-state index in [1.54, 1.807) is 18.3 Å². The van der Waals surface area contributed by atoms with Crippen molar-refractivity contribution in [3.63, 3.8) is 0 Å². The zero-order valence-corrected chi connectivity index (χ0v) is 10.4. The molecule has 0 aromatic carbocycles. The van der Waals surface area contributed by atoms with Crippen molar-refractivity contribution in [1.29, 1.82) is 5.26 Å². The van der Waals surface area contributed by atoms with E-state index < -0.39 is 0 Å². The van der Waals surface area contributed by atoms with E-state index in [1.165, 1.54) is 0 Å². The van der Waals surface area contributed by atoms with Gasteiger partial charge in [0.1, 0.15) is 5.82 Å². The van der Waals surface area contributed by atoms with Gasteiger partial charge in [-0.3, -0.25) is 0 Å². The van der Waals surface area contributed by atoms with Crippen molar-refractivity contribution in [3.05, 3.63) is 23.9 Å². The van der Waals surface area contributed by atoms with Crippen molar-refractivity contribution >= 4 is 5.82 Å². The van der Waals surface area contributed by atoms with Gasteiger partial charge in [-0.1, -0.05) is 13.8 Å². The Kier molecular flexibility index (Phi) is 5.44. The molecule has 1 aromatic heterocycles. The van der Waals surface area contributed by atoms with Crippen LogP contribution in [0.25, 0.3) is 0 Å². The minimum absolute atomic E-state index is 0.0922. The lowest BCUT2D eigenvalue weighted by atomic mass is 10.1. The van der Waals surface area contributed by atoms with Crippen LogP contribution in [-0.2, 0) is 0 Å². The maximum absolute atomic E-state index is 9.13.